The second kappa shape index (κ2) is 8.81. The van der Waals surface area contributed by atoms with Crippen molar-refractivity contribution >= 4 is 16.0 Å². The van der Waals surface area contributed by atoms with Gasteiger partial charge in [0.05, 0.1) is 6.04 Å². The highest BCUT2D eigenvalue weighted by molar-refractivity contribution is 7.89. The van der Waals surface area contributed by atoms with Gasteiger partial charge in [-0.2, -0.15) is 17.5 Å². The van der Waals surface area contributed by atoms with Gasteiger partial charge < -0.3 is 14.7 Å². The fraction of sp³-hybridized carbons (Fsp3) is 0.368. The summed E-state index contributed by atoms with van der Waals surface area (Å²) in [5.74, 6) is -2.55. The van der Waals surface area contributed by atoms with E-state index >= 15 is 0 Å². The van der Waals surface area contributed by atoms with Gasteiger partial charge in [-0.3, -0.25) is 0 Å². The standard InChI is InChI=1S/C17H19N3O3S.C2HF3O2/c1-19-11-14-15(12-19)23-17-16(8-5-9-18-17)24(21,22)20(14)10-13-6-3-2-4-7-13;3-2(4,5)1(6)7/h2-9,14-15H,10-12H2,1H3;(H,6,7). The van der Waals surface area contributed by atoms with Crippen molar-refractivity contribution in [2.24, 2.45) is 0 Å². The summed E-state index contributed by atoms with van der Waals surface area (Å²) in [5, 5.41) is 7.12. The zero-order valence-corrected chi connectivity index (χ0v) is 17.2. The third-order valence-electron chi connectivity index (χ3n) is 4.80. The van der Waals surface area contributed by atoms with Crippen LogP contribution in [0.3, 0.4) is 0 Å². The van der Waals surface area contributed by atoms with Gasteiger partial charge in [-0.15, -0.1) is 0 Å². The van der Waals surface area contributed by atoms with Gasteiger partial charge in [0, 0.05) is 25.8 Å². The van der Waals surface area contributed by atoms with Crippen LogP contribution < -0.4 is 4.74 Å². The maximum atomic E-state index is 13.3. The molecule has 8 nitrogen and oxygen atoms in total. The van der Waals surface area contributed by atoms with Gasteiger partial charge in [-0.1, -0.05) is 30.3 Å². The predicted octanol–water partition coefficient (Wildman–Crippen LogP) is 1.98. The van der Waals surface area contributed by atoms with Gasteiger partial charge in [-0.25, -0.2) is 18.2 Å². The summed E-state index contributed by atoms with van der Waals surface area (Å²) in [6.07, 6.45) is -3.74. The van der Waals surface area contributed by atoms with Gasteiger partial charge in [0.1, 0.15) is 11.0 Å². The maximum absolute atomic E-state index is 13.3. The molecule has 1 fully saturated rings. The van der Waals surface area contributed by atoms with Crippen LogP contribution in [0.4, 0.5) is 13.2 Å². The van der Waals surface area contributed by atoms with E-state index in [4.69, 9.17) is 14.6 Å². The molecule has 2 unspecified atom stereocenters. The molecule has 1 N–H and O–H groups in total. The number of likely N-dealkylation sites (tertiary alicyclic amines) is 1. The normalized spacial score (nSPS) is 22.8. The number of likely N-dealkylation sites (N-methyl/N-ethyl adjacent to an activating group) is 1. The molecule has 0 amide bonds. The summed E-state index contributed by atoms with van der Waals surface area (Å²) < 4.78 is 65.8. The van der Waals surface area contributed by atoms with Crippen molar-refractivity contribution in [3.8, 4) is 5.88 Å². The smallest absolute Gasteiger partial charge is 0.475 e. The Morgan fingerprint density at radius 1 is 1.19 bits per heavy atom. The highest BCUT2D eigenvalue weighted by Crippen LogP contribution is 2.35. The van der Waals surface area contributed by atoms with E-state index in [1.807, 2.05) is 37.4 Å². The van der Waals surface area contributed by atoms with E-state index < -0.39 is 22.2 Å². The quantitative estimate of drug-likeness (QED) is 0.733. The van der Waals surface area contributed by atoms with Crippen LogP contribution in [0.25, 0.3) is 0 Å². The lowest BCUT2D eigenvalue weighted by molar-refractivity contribution is -0.192. The van der Waals surface area contributed by atoms with Crippen molar-refractivity contribution in [3.05, 3.63) is 54.2 Å². The van der Waals surface area contributed by atoms with Crippen molar-refractivity contribution in [2.45, 2.75) is 29.8 Å². The average molecular weight is 459 g/mol. The first kappa shape index (κ1) is 23.0. The molecular weight excluding hydrogens is 439 g/mol. The average Bonchev–Trinajstić information content (AvgIpc) is 3.03. The van der Waals surface area contributed by atoms with Crippen LogP contribution >= 0.6 is 0 Å². The van der Waals surface area contributed by atoms with Crippen molar-refractivity contribution < 1.29 is 36.2 Å². The molecule has 0 aliphatic carbocycles. The zero-order chi connectivity index (χ0) is 22.8. The Labute approximate surface area is 176 Å². The molecule has 2 aliphatic heterocycles. The number of halogens is 3. The molecule has 0 bridgehead atoms. The molecule has 2 aliphatic rings. The highest BCUT2D eigenvalue weighted by Gasteiger charge is 2.46. The first-order valence-corrected chi connectivity index (χ1v) is 10.6. The van der Waals surface area contributed by atoms with Gasteiger partial charge in [0.2, 0.25) is 15.9 Å². The molecular formula is C19H20F3N3O5S. The Hall–Kier alpha value is -2.70. The van der Waals surface area contributed by atoms with Crippen LogP contribution in [0, 0.1) is 0 Å². The molecule has 3 heterocycles. The van der Waals surface area contributed by atoms with Gasteiger partial charge in [-0.05, 0) is 24.7 Å². The minimum atomic E-state index is -5.08. The van der Waals surface area contributed by atoms with Gasteiger partial charge >= 0.3 is 12.1 Å². The molecule has 2 aromatic rings. The minimum Gasteiger partial charge on any atom is -0.475 e. The number of aromatic nitrogens is 1. The second-order valence-electron chi connectivity index (χ2n) is 7.09. The lowest BCUT2D eigenvalue weighted by Crippen LogP contribution is -2.46. The summed E-state index contributed by atoms with van der Waals surface area (Å²) in [6, 6.07) is 12.6. The van der Waals surface area contributed by atoms with Gasteiger partial charge in [0.15, 0.2) is 0 Å². The van der Waals surface area contributed by atoms with Crippen LogP contribution in [0.2, 0.25) is 0 Å². The number of pyridine rings is 1. The monoisotopic (exact) mass is 459 g/mol. The van der Waals surface area contributed by atoms with E-state index in [-0.39, 0.29) is 22.9 Å². The van der Waals surface area contributed by atoms with Crippen molar-refractivity contribution in [2.75, 3.05) is 20.1 Å². The fourth-order valence-electron chi connectivity index (χ4n) is 3.41. The van der Waals surface area contributed by atoms with Crippen LogP contribution in [0.1, 0.15) is 5.56 Å². The third kappa shape index (κ3) is 5.14. The number of sulfonamides is 1. The molecule has 4 rings (SSSR count). The van der Waals surface area contributed by atoms with Crippen LogP contribution in [0.5, 0.6) is 5.88 Å². The molecule has 1 aromatic heterocycles. The first-order valence-electron chi connectivity index (χ1n) is 9.16. The number of alkyl halides is 3. The number of carbonyl (C=O) groups is 1. The summed E-state index contributed by atoms with van der Waals surface area (Å²) in [6.45, 7) is 1.65. The number of rotatable bonds is 2. The lowest BCUT2D eigenvalue weighted by atomic mass is 10.1. The number of carboxylic acid groups (broad SMARTS) is 1. The van der Waals surface area contributed by atoms with Crippen LogP contribution in [0.15, 0.2) is 53.6 Å². The van der Waals surface area contributed by atoms with E-state index in [2.05, 4.69) is 9.88 Å². The van der Waals surface area contributed by atoms with E-state index in [0.717, 1.165) is 5.56 Å². The zero-order valence-electron chi connectivity index (χ0n) is 16.4. The minimum absolute atomic E-state index is 0.151. The number of aliphatic carboxylic acids is 1. The van der Waals surface area contributed by atoms with Crippen molar-refractivity contribution in [1.29, 1.82) is 0 Å². The van der Waals surface area contributed by atoms with E-state index in [1.54, 1.807) is 22.6 Å². The Morgan fingerprint density at radius 2 is 1.84 bits per heavy atom. The fourth-order valence-corrected chi connectivity index (χ4v) is 5.11. The number of nitrogens with zero attached hydrogens (tertiary/aromatic N) is 3. The topological polar surface area (TPSA) is 100 Å². The Morgan fingerprint density at radius 3 is 2.45 bits per heavy atom. The number of fused-ring (bicyclic) bond motifs is 2. The van der Waals surface area contributed by atoms with Crippen LogP contribution in [-0.4, -0.2) is 72.1 Å². The van der Waals surface area contributed by atoms with E-state index in [9.17, 15) is 21.6 Å². The Bertz CT molecular complexity index is 1030. The highest BCUT2D eigenvalue weighted by atomic mass is 32.2. The maximum Gasteiger partial charge on any atom is 0.490 e. The lowest BCUT2D eigenvalue weighted by Gasteiger charge is -2.28. The number of ether oxygens (including phenoxy) is 1. The molecule has 0 saturated carbocycles. The molecule has 0 radical (unpaired) electrons. The Balaban J connectivity index is 0.000000339. The van der Waals surface area contributed by atoms with E-state index in [1.165, 1.54) is 0 Å². The van der Waals surface area contributed by atoms with Crippen molar-refractivity contribution in [3.63, 3.8) is 0 Å². The first-order chi connectivity index (χ1) is 14.5. The molecule has 31 heavy (non-hydrogen) atoms. The van der Waals surface area contributed by atoms with Crippen molar-refractivity contribution in [1.82, 2.24) is 14.2 Å². The summed E-state index contributed by atoms with van der Waals surface area (Å²) in [5.41, 5.74) is 0.960. The number of hydrogen-bond donors (Lipinski definition) is 1. The number of hydrogen-bond acceptors (Lipinski definition) is 6. The van der Waals surface area contributed by atoms with E-state index in [0.29, 0.717) is 19.6 Å². The number of benzene rings is 1. The summed E-state index contributed by atoms with van der Waals surface area (Å²) >= 11 is 0. The summed E-state index contributed by atoms with van der Waals surface area (Å²) in [7, 11) is -1.70. The largest absolute Gasteiger partial charge is 0.490 e. The molecule has 0 spiro atoms. The molecule has 1 saturated heterocycles. The summed E-state index contributed by atoms with van der Waals surface area (Å²) in [4.78, 5) is 15.3. The van der Waals surface area contributed by atoms with Gasteiger partial charge in [0.25, 0.3) is 0 Å². The molecule has 2 atom stereocenters. The number of carboxylic acids is 1. The second-order valence-corrected chi connectivity index (χ2v) is 8.95. The van der Waals surface area contributed by atoms with Crippen LogP contribution in [-0.2, 0) is 21.4 Å². The predicted molar refractivity (Wildman–Crippen MR) is 103 cm³/mol. The molecule has 1 aromatic carbocycles. The Kier molecular flexibility index (Phi) is 6.53. The third-order valence-corrected chi connectivity index (χ3v) is 6.68. The SMILES string of the molecule is CN1CC2Oc3ncccc3S(=O)(=O)N(Cc3ccccc3)C2C1.O=C(O)C(F)(F)F. The molecule has 168 valence electrons. The molecule has 12 heteroatoms.